The van der Waals surface area contributed by atoms with Gasteiger partial charge in [0.1, 0.15) is 4.21 Å². The minimum atomic E-state index is -3.56. The summed E-state index contributed by atoms with van der Waals surface area (Å²) in [5, 5.41) is 0.525. The van der Waals surface area contributed by atoms with E-state index in [0.29, 0.717) is 10.7 Å². The van der Waals surface area contributed by atoms with Crippen molar-refractivity contribution in [2.75, 3.05) is 18.0 Å². The van der Waals surface area contributed by atoms with E-state index in [1.165, 1.54) is 23.2 Å². The summed E-state index contributed by atoms with van der Waals surface area (Å²) in [6.45, 7) is 5.51. The van der Waals surface area contributed by atoms with Crippen molar-refractivity contribution in [3.05, 3.63) is 45.8 Å². The molecule has 0 aliphatic carbocycles. The summed E-state index contributed by atoms with van der Waals surface area (Å²) in [7, 11) is -3.56. The lowest BCUT2D eigenvalue weighted by Gasteiger charge is -2.23. The van der Waals surface area contributed by atoms with Crippen LogP contribution in [0.5, 0.6) is 0 Å². The van der Waals surface area contributed by atoms with Gasteiger partial charge < -0.3 is 4.90 Å². The van der Waals surface area contributed by atoms with Crippen molar-refractivity contribution in [3.8, 4) is 0 Å². The molecule has 0 atom stereocenters. The molecule has 24 heavy (non-hydrogen) atoms. The van der Waals surface area contributed by atoms with Crippen LogP contribution in [0.2, 0.25) is 5.02 Å². The van der Waals surface area contributed by atoms with Gasteiger partial charge >= 0.3 is 0 Å². The lowest BCUT2D eigenvalue weighted by molar-refractivity contribution is -0.116. The van der Waals surface area contributed by atoms with E-state index in [2.05, 4.69) is 4.72 Å². The number of amides is 1. The standard InChI is InChI=1S/C16H19ClN2O3S2/c1-11-4-6-14(17)10-15(11)19(13(3)20)9-8-18-24(21,22)16-7-5-12(2)23-16/h4-7,10,18H,8-9H2,1-3H3. The quantitative estimate of drug-likeness (QED) is 0.827. The Morgan fingerprint density at radius 3 is 2.54 bits per heavy atom. The Morgan fingerprint density at radius 2 is 1.96 bits per heavy atom. The average Bonchev–Trinajstić information content (AvgIpc) is 2.93. The van der Waals surface area contributed by atoms with Crippen LogP contribution >= 0.6 is 22.9 Å². The number of benzene rings is 1. The summed E-state index contributed by atoms with van der Waals surface area (Å²) in [5.74, 6) is -0.175. The molecule has 0 saturated heterocycles. The highest BCUT2D eigenvalue weighted by atomic mass is 35.5. The molecule has 1 heterocycles. The Balaban J connectivity index is 2.10. The van der Waals surface area contributed by atoms with E-state index in [4.69, 9.17) is 11.6 Å². The Morgan fingerprint density at radius 1 is 1.25 bits per heavy atom. The van der Waals surface area contributed by atoms with E-state index in [1.807, 2.05) is 19.9 Å². The second kappa shape index (κ2) is 7.65. The molecule has 8 heteroatoms. The van der Waals surface area contributed by atoms with Gasteiger partial charge in [-0.2, -0.15) is 0 Å². The Labute approximate surface area is 151 Å². The van der Waals surface area contributed by atoms with Crippen LogP contribution < -0.4 is 9.62 Å². The molecule has 0 radical (unpaired) electrons. The molecule has 0 aliphatic heterocycles. The van der Waals surface area contributed by atoms with Crippen molar-refractivity contribution in [1.29, 1.82) is 0 Å². The highest BCUT2D eigenvalue weighted by Gasteiger charge is 2.18. The smallest absolute Gasteiger partial charge is 0.250 e. The van der Waals surface area contributed by atoms with E-state index in [-0.39, 0.29) is 23.2 Å². The van der Waals surface area contributed by atoms with Crippen molar-refractivity contribution in [1.82, 2.24) is 4.72 Å². The number of nitrogens with one attached hydrogen (secondary N) is 1. The highest BCUT2D eigenvalue weighted by molar-refractivity contribution is 7.91. The Hall–Kier alpha value is -1.41. The van der Waals surface area contributed by atoms with Gasteiger partial charge in [0.25, 0.3) is 0 Å². The fourth-order valence-electron chi connectivity index (χ4n) is 2.24. The second-order valence-electron chi connectivity index (χ2n) is 5.36. The van der Waals surface area contributed by atoms with Crippen LogP contribution in [-0.2, 0) is 14.8 Å². The fourth-order valence-corrected chi connectivity index (χ4v) is 4.76. The van der Waals surface area contributed by atoms with Crippen LogP contribution in [0.1, 0.15) is 17.4 Å². The fraction of sp³-hybridized carbons (Fsp3) is 0.312. The van der Waals surface area contributed by atoms with E-state index in [9.17, 15) is 13.2 Å². The number of anilines is 1. The third-order valence-corrected chi connectivity index (χ3v) is 6.64. The van der Waals surface area contributed by atoms with Crippen LogP contribution in [0.15, 0.2) is 34.5 Å². The Bertz CT molecular complexity index is 847. The minimum Gasteiger partial charge on any atom is -0.311 e. The number of sulfonamides is 1. The molecule has 0 spiro atoms. The van der Waals surface area contributed by atoms with Crippen LogP contribution in [0.3, 0.4) is 0 Å². The number of hydrogen-bond donors (Lipinski definition) is 1. The lowest BCUT2D eigenvalue weighted by atomic mass is 10.2. The molecule has 1 N–H and O–H groups in total. The molecular formula is C16H19ClN2O3S2. The average molecular weight is 387 g/mol. The van der Waals surface area contributed by atoms with Gasteiger partial charge in [-0.05, 0) is 43.7 Å². The van der Waals surface area contributed by atoms with Gasteiger partial charge in [0.05, 0.1) is 0 Å². The SMILES string of the molecule is CC(=O)N(CCNS(=O)(=O)c1ccc(C)s1)c1cc(Cl)ccc1C. The molecule has 1 aromatic heterocycles. The topological polar surface area (TPSA) is 66.5 Å². The van der Waals surface area contributed by atoms with Gasteiger partial charge in [-0.3, -0.25) is 4.79 Å². The molecule has 0 fully saturated rings. The maximum absolute atomic E-state index is 12.2. The number of aryl methyl sites for hydroxylation is 2. The monoisotopic (exact) mass is 386 g/mol. The highest BCUT2D eigenvalue weighted by Crippen LogP contribution is 2.24. The molecule has 5 nitrogen and oxygen atoms in total. The first kappa shape index (κ1) is 18.9. The first-order chi connectivity index (χ1) is 11.2. The molecule has 0 unspecified atom stereocenters. The molecule has 1 amide bonds. The van der Waals surface area contributed by atoms with Gasteiger partial charge in [-0.25, -0.2) is 13.1 Å². The van der Waals surface area contributed by atoms with Crippen LogP contribution in [0.4, 0.5) is 5.69 Å². The van der Waals surface area contributed by atoms with Crippen LogP contribution in [-0.4, -0.2) is 27.4 Å². The van der Waals surface area contributed by atoms with Crippen LogP contribution in [0, 0.1) is 13.8 Å². The predicted octanol–water partition coefficient (Wildman–Crippen LogP) is 3.35. The molecule has 130 valence electrons. The zero-order valence-electron chi connectivity index (χ0n) is 13.7. The number of nitrogens with zero attached hydrogens (tertiary/aromatic N) is 1. The van der Waals surface area contributed by atoms with E-state index >= 15 is 0 Å². The normalized spacial score (nSPS) is 11.5. The number of carbonyl (C=O) groups excluding carboxylic acids is 1. The first-order valence-electron chi connectivity index (χ1n) is 7.31. The van der Waals surface area contributed by atoms with E-state index < -0.39 is 10.0 Å². The lowest BCUT2D eigenvalue weighted by Crippen LogP contribution is -2.37. The molecule has 1 aromatic carbocycles. The zero-order chi connectivity index (χ0) is 17.9. The Kier molecular flexibility index (Phi) is 6.03. The van der Waals surface area contributed by atoms with Gasteiger partial charge in [-0.15, -0.1) is 11.3 Å². The van der Waals surface area contributed by atoms with Crippen molar-refractivity contribution in [2.24, 2.45) is 0 Å². The van der Waals surface area contributed by atoms with Gasteiger partial charge in [-0.1, -0.05) is 17.7 Å². The number of thiophene rings is 1. The van der Waals surface area contributed by atoms with Crippen LogP contribution in [0.25, 0.3) is 0 Å². The third-order valence-electron chi connectivity index (χ3n) is 3.45. The second-order valence-corrected chi connectivity index (χ2v) is 9.08. The van der Waals surface area contributed by atoms with E-state index in [1.54, 1.807) is 24.3 Å². The summed E-state index contributed by atoms with van der Waals surface area (Å²) < 4.78 is 27.3. The molecular weight excluding hydrogens is 368 g/mol. The van der Waals surface area contributed by atoms with Crippen molar-refractivity contribution < 1.29 is 13.2 Å². The van der Waals surface area contributed by atoms with E-state index in [0.717, 1.165) is 10.4 Å². The summed E-state index contributed by atoms with van der Waals surface area (Å²) in [4.78, 5) is 14.4. The molecule has 0 saturated carbocycles. The summed E-state index contributed by atoms with van der Waals surface area (Å²) in [6.07, 6.45) is 0. The number of carbonyl (C=O) groups is 1. The van der Waals surface area contributed by atoms with Crippen molar-refractivity contribution in [3.63, 3.8) is 0 Å². The van der Waals surface area contributed by atoms with Gasteiger partial charge in [0.2, 0.25) is 15.9 Å². The maximum atomic E-state index is 12.2. The molecule has 0 bridgehead atoms. The van der Waals surface area contributed by atoms with Gasteiger partial charge in [0.15, 0.2) is 0 Å². The minimum absolute atomic E-state index is 0.116. The van der Waals surface area contributed by atoms with Crippen molar-refractivity contribution >= 4 is 44.6 Å². The summed E-state index contributed by atoms with van der Waals surface area (Å²) in [5.41, 5.74) is 1.58. The largest absolute Gasteiger partial charge is 0.311 e. The maximum Gasteiger partial charge on any atom is 0.250 e. The summed E-state index contributed by atoms with van der Waals surface area (Å²) in [6, 6.07) is 8.62. The number of halogens is 1. The third kappa shape index (κ3) is 4.57. The molecule has 2 rings (SSSR count). The predicted molar refractivity (Wildman–Crippen MR) is 98.5 cm³/mol. The number of hydrogen-bond acceptors (Lipinski definition) is 4. The number of rotatable bonds is 6. The van der Waals surface area contributed by atoms with Gasteiger partial charge in [0, 0.05) is 35.6 Å². The molecule has 0 aliphatic rings. The summed E-state index contributed by atoms with van der Waals surface area (Å²) >= 11 is 7.22. The zero-order valence-corrected chi connectivity index (χ0v) is 16.1. The first-order valence-corrected chi connectivity index (χ1v) is 9.99. The molecule has 2 aromatic rings. The van der Waals surface area contributed by atoms with Crippen molar-refractivity contribution in [2.45, 2.75) is 25.0 Å².